The number of hydrogen-bond donors (Lipinski definition) is 1. The maximum atomic E-state index is 6.02. The lowest BCUT2D eigenvalue weighted by Crippen LogP contribution is -2.63. The first-order valence-corrected chi connectivity index (χ1v) is 10.8. The molecular weight excluding hydrogens is 330 g/mol. The molecule has 4 aliphatic carbocycles. The van der Waals surface area contributed by atoms with Crippen LogP contribution in [0, 0.1) is 16.7 Å². The molecule has 0 aromatic heterocycles. The molecule has 6 rings (SSSR count). The zero-order valence-corrected chi connectivity index (χ0v) is 17.1. The van der Waals surface area contributed by atoms with Crippen LogP contribution in [0.15, 0.2) is 36.4 Å². The summed E-state index contributed by atoms with van der Waals surface area (Å²) < 4.78 is 6.02. The second-order valence-electron chi connectivity index (χ2n) is 10.5. The lowest BCUT2D eigenvalue weighted by Gasteiger charge is -2.65. The summed E-state index contributed by atoms with van der Waals surface area (Å²) in [6.07, 6.45) is 8.39. The van der Waals surface area contributed by atoms with Gasteiger partial charge in [0, 0.05) is 17.6 Å². The van der Waals surface area contributed by atoms with Crippen LogP contribution >= 0.6 is 0 Å². The van der Waals surface area contributed by atoms with Gasteiger partial charge in [-0.3, -0.25) is 0 Å². The number of ether oxygens (including phenoxy) is 1. The van der Waals surface area contributed by atoms with E-state index in [0.29, 0.717) is 23.0 Å². The van der Waals surface area contributed by atoms with Gasteiger partial charge in [-0.05, 0) is 79.0 Å². The zero-order chi connectivity index (χ0) is 18.7. The van der Waals surface area contributed by atoms with Gasteiger partial charge in [0.15, 0.2) is 0 Å². The Hall–Kier alpha value is -1.54. The SMILES string of the molecule is CCOc1ccc2ccccc2c1CNC12CC3C[C@@](C)(C1)C[C@](C)(C3)C2. The molecule has 0 heterocycles. The molecule has 2 nitrogen and oxygen atoms in total. The lowest BCUT2D eigenvalue weighted by atomic mass is 9.43. The minimum Gasteiger partial charge on any atom is -0.494 e. The van der Waals surface area contributed by atoms with Gasteiger partial charge in [0.25, 0.3) is 0 Å². The van der Waals surface area contributed by atoms with E-state index < -0.39 is 0 Å². The van der Waals surface area contributed by atoms with Crippen molar-refractivity contribution in [2.75, 3.05) is 6.61 Å². The Labute approximate surface area is 163 Å². The summed E-state index contributed by atoms with van der Waals surface area (Å²) >= 11 is 0. The molecule has 2 aromatic rings. The Balaban J connectivity index is 1.47. The van der Waals surface area contributed by atoms with Gasteiger partial charge in [-0.2, -0.15) is 0 Å². The van der Waals surface area contributed by atoms with E-state index in [2.05, 4.69) is 62.5 Å². The molecule has 144 valence electrons. The molecule has 27 heavy (non-hydrogen) atoms. The van der Waals surface area contributed by atoms with Crippen molar-refractivity contribution in [3.8, 4) is 5.75 Å². The minimum absolute atomic E-state index is 0.323. The average Bonchev–Trinajstić information content (AvgIpc) is 2.58. The molecule has 4 aliphatic rings. The van der Waals surface area contributed by atoms with E-state index in [1.165, 1.54) is 54.9 Å². The minimum atomic E-state index is 0.323. The fourth-order valence-electron chi connectivity index (χ4n) is 7.71. The fraction of sp³-hybridized carbons (Fsp3) is 0.600. The van der Waals surface area contributed by atoms with Crippen LogP contribution in [0.5, 0.6) is 5.75 Å². The average molecular weight is 364 g/mol. The quantitative estimate of drug-likeness (QED) is 0.695. The molecule has 0 spiro atoms. The highest BCUT2D eigenvalue weighted by molar-refractivity contribution is 5.87. The van der Waals surface area contributed by atoms with Crippen molar-refractivity contribution in [2.24, 2.45) is 16.7 Å². The van der Waals surface area contributed by atoms with Crippen LogP contribution in [0.3, 0.4) is 0 Å². The first-order valence-electron chi connectivity index (χ1n) is 10.8. The first kappa shape index (κ1) is 17.6. The maximum Gasteiger partial charge on any atom is 0.124 e. The second kappa shape index (κ2) is 5.98. The summed E-state index contributed by atoms with van der Waals surface area (Å²) in [5, 5.41) is 6.74. The Morgan fingerprint density at radius 3 is 2.41 bits per heavy atom. The molecule has 2 unspecified atom stereocenters. The van der Waals surface area contributed by atoms with Crippen molar-refractivity contribution in [3.63, 3.8) is 0 Å². The summed E-state index contributed by atoms with van der Waals surface area (Å²) in [4.78, 5) is 0. The van der Waals surface area contributed by atoms with Crippen molar-refractivity contribution in [1.82, 2.24) is 5.32 Å². The van der Waals surface area contributed by atoms with E-state index in [1.54, 1.807) is 0 Å². The summed E-state index contributed by atoms with van der Waals surface area (Å²) in [7, 11) is 0. The highest BCUT2D eigenvalue weighted by Gasteiger charge is 2.59. The number of nitrogens with one attached hydrogen (secondary N) is 1. The van der Waals surface area contributed by atoms with Crippen molar-refractivity contribution in [2.45, 2.75) is 71.4 Å². The molecule has 4 saturated carbocycles. The van der Waals surface area contributed by atoms with Gasteiger partial charge >= 0.3 is 0 Å². The van der Waals surface area contributed by atoms with Gasteiger partial charge in [-0.15, -0.1) is 0 Å². The van der Waals surface area contributed by atoms with Crippen molar-refractivity contribution in [1.29, 1.82) is 0 Å². The lowest BCUT2D eigenvalue weighted by molar-refractivity contribution is -0.118. The van der Waals surface area contributed by atoms with E-state index in [-0.39, 0.29) is 0 Å². The van der Waals surface area contributed by atoms with E-state index in [4.69, 9.17) is 4.74 Å². The van der Waals surface area contributed by atoms with Crippen LogP contribution in [-0.2, 0) is 6.54 Å². The summed E-state index contributed by atoms with van der Waals surface area (Å²) in [6.45, 7) is 8.81. The molecule has 1 N–H and O–H groups in total. The Kier molecular flexibility index (Phi) is 3.89. The monoisotopic (exact) mass is 363 g/mol. The van der Waals surface area contributed by atoms with Crippen LogP contribution in [0.4, 0.5) is 0 Å². The molecule has 0 amide bonds. The van der Waals surface area contributed by atoms with Crippen LogP contribution in [0.1, 0.15) is 64.9 Å². The molecule has 0 radical (unpaired) electrons. The summed E-state index contributed by atoms with van der Waals surface area (Å²) in [5.41, 5.74) is 2.75. The standard InChI is InChI=1S/C25H33NO/c1-4-27-22-10-9-19-7-5-6-8-20(19)21(22)14-26-25-13-18-11-23(2,16-25)15-24(3,12-18)17-25/h5-10,18,26H,4,11-17H2,1-3H3/t18?,23-,24+,25?. The van der Waals surface area contributed by atoms with Gasteiger partial charge in [-0.25, -0.2) is 0 Å². The Morgan fingerprint density at radius 2 is 1.70 bits per heavy atom. The third-order valence-electron chi connectivity index (χ3n) is 7.56. The normalized spacial score (nSPS) is 37.1. The fourth-order valence-corrected chi connectivity index (χ4v) is 7.71. The number of hydrogen-bond acceptors (Lipinski definition) is 2. The largest absolute Gasteiger partial charge is 0.494 e. The number of rotatable bonds is 5. The molecule has 0 saturated heterocycles. The van der Waals surface area contributed by atoms with E-state index in [9.17, 15) is 0 Å². The van der Waals surface area contributed by atoms with E-state index >= 15 is 0 Å². The third-order valence-corrected chi connectivity index (χ3v) is 7.56. The number of benzene rings is 2. The van der Waals surface area contributed by atoms with Crippen molar-refractivity contribution >= 4 is 10.8 Å². The predicted octanol–water partition coefficient (Wildman–Crippen LogP) is 6.08. The smallest absolute Gasteiger partial charge is 0.124 e. The number of fused-ring (bicyclic) bond motifs is 1. The van der Waals surface area contributed by atoms with Gasteiger partial charge in [0.2, 0.25) is 0 Å². The van der Waals surface area contributed by atoms with Crippen molar-refractivity contribution in [3.05, 3.63) is 42.0 Å². The molecule has 4 atom stereocenters. The Morgan fingerprint density at radius 1 is 0.963 bits per heavy atom. The molecular formula is C25H33NO. The van der Waals surface area contributed by atoms with Crippen LogP contribution < -0.4 is 10.1 Å². The van der Waals surface area contributed by atoms with Gasteiger partial charge in [-0.1, -0.05) is 44.2 Å². The van der Waals surface area contributed by atoms with Gasteiger partial charge in [0.05, 0.1) is 6.61 Å². The molecule has 0 aliphatic heterocycles. The zero-order valence-electron chi connectivity index (χ0n) is 17.1. The molecule has 2 heteroatoms. The maximum absolute atomic E-state index is 6.02. The topological polar surface area (TPSA) is 21.3 Å². The molecule has 4 fully saturated rings. The van der Waals surface area contributed by atoms with Crippen molar-refractivity contribution < 1.29 is 4.74 Å². The van der Waals surface area contributed by atoms with Crippen LogP contribution in [-0.4, -0.2) is 12.1 Å². The highest BCUT2D eigenvalue weighted by atomic mass is 16.5. The van der Waals surface area contributed by atoms with E-state index in [0.717, 1.165) is 18.2 Å². The van der Waals surface area contributed by atoms with E-state index in [1.807, 2.05) is 0 Å². The second-order valence-corrected chi connectivity index (χ2v) is 10.5. The molecule has 4 bridgehead atoms. The van der Waals surface area contributed by atoms with Gasteiger partial charge < -0.3 is 10.1 Å². The summed E-state index contributed by atoms with van der Waals surface area (Å²) in [6, 6.07) is 13.1. The molecule has 2 aromatic carbocycles. The van der Waals surface area contributed by atoms with Crippen LogP contribution in [0.25, 0.3) is 10.8 Å². The Bertz CT molecular complexity index is 854. The predicted molar refractivity (Wildman–Crippen MR) is 112 cm³/mol. The third kappa shape index (κ3) is 2.97. The van der Waals surface area contributed by atoms with Crippen LogP contribution in [0.2, 0.25) is 0 Å². The first-order chi connectivity index (χ1) is 12.9. The highest BCUT2D eigenvalue weighted by Crippen LogP contribution is 2.66. The van der Waals surface area contributed by atoms with Gasteiger partial charge in [0.1, 0.15) is 5.75 Å². The summed E-state index contributed by atoms with van der Waals surface area (Å²) in [5.74, 6) is 1.97.